The summed E-state index contributed by atoms with van der Waals surface area (Å²) in [6.45, 7) is 4.42. The lowest BCUT2D eigenvalue weighted by atomic mass is 9.55. The Morgan fingerprint density at radius 2 is 1.55 bits per heavy atom. The first-order chi connectivity index (χ1) is 37.2. The van der Waals surface area contributed by atoms with Gasteiger partial charge in [-0.3, -0.25) is 14.9 Å². The van der Waals surface area contributed by atoms with Crippen molar-refractivity contribution < 1.29 is 39.0 Å². The van der Waals surface area contributed by atoms with Gasteiger partial charge in [0, 0.05) is 55.4 Å². The van der Waals surface area contributed by atoms with Crippen LogP contribution in [0.4, 0.5) is 5.69 Å². The van der Waals surface area contributed by atoms with E-state index < -0.39 is 22.7 Å². The number of hydrogen-bond acceptors (Lipinski definition) is 11. The number of aliphatic hydroxyl groups excluding tert-OH is 2. The molecular weight excluding hydrogens is 957 g/mol. The average Bonchev–Trinajstić information content (AvgIpc) is 3.49. The summed E-state index contributed by atoms with van der Waals surface area (Å²) >= 11 is 0. The highest BCUT2D eigenvalue weighted by molar-refractivity contribution is 6.03. The van der Waals surface area contributed by atoms with E-state index in [0.29, 0.717) is 52.5 Å². The van der Waals surface area contributed by atoms with E-state index in [1.165, 1.54) is 12.1 Å². The van der Waals surface area contributed by atoms with Crippen LogP contribution in [0.25, 0.3) is 21.5 Å². The molecule has 0 spiro atoms. The van der Waals surface area contributed by atoms with Gasteiger partial charge in [-0.2, -0.15) is 5.26 Å². The Hall–Kier alpha value is -8.15. The number of carbonyl (C=O) groups excluding carboxylic acids is 1. The fourth-order valence-electron chi connectivity index (χ4n) is 11.8. The van der Waals surface area contributed by atoms with E-state index in [1.807, 2.05) is 83.8 Å². The molecule has 386 valence electrons. The zero-order chi connectivity index (χ0) is 52.6. The van der Waals surface area contributed by atoms with Gasteiger partial charge in [-0.15, -0.1) is 6.58 Å². The molecule has 7 aromatic carbocycles. The van der Waals surface area contributed by atoms with Crippen molar-refractivity contribution in [3.05, 3.63) is 214 Å². The van der Waals surface area contributed by atoms with Crippen molar-refractivity contribution in [1.82, 2.24) is 4.90 Å². The van der Waals surface area contributed by atoms with E-state index in [4.69, 9.17) is 24.2 Å². The number of unbranched alkanes of at least 4 members (excludes halogenated alkanes) is 2. The Labute approximate surface area is 442 Å². The maximum Gasteiger partial charge on any atom is 0.269 e. The number of nitrogens with zero attached hydrogens (tertiary/aromatic N) is 4. The number of aliphatic hydroxyl groups is 2. The Bertz CT molecular complexity index is 3340. The normalized spacial score (nSPS) is 20.9. The van der Waals surface area contributed by atoms with Crippen molar-refractivity contribution in [2.75, 3.05) is 19.8 Å². The first-order valence-electron chi connectivity index (χ1n) is 26.1. The fourth-order valence-corrected chi connectivity index (χ4v) is 11.8. The molecule has 0 saturated heterocycles. The minimum Gasteiger partial charge on any atom is -0.459 e. The van der Waals surface area contributed by atoms with Crippen molar-refractivity contribution in [1.29, 1.82) is 5.26 Å². The van der Waals surface area contributed by atoms with Gasteiger partial charge in [0.1, 0.15) is 29.9 Å². The number of nitro benzene ring substituents is 1. The van der Waals surface area contributed by atoms with Crippen molar-refractivity contribution in [3.63, 3.8) is 0 Å². The standard InChI is InChI=1S/C63H60N4O9/c1-2-34-73-63-59(66(62(70)46-24-20-42(39-64)21-25-46)40-49-17-11-16-45-13-5-6-18-53(45)49)38-57(65-74-41-43-22-27-50(28-23-43)67(71)72)55-36-48(15-7-9-32-68)54(19-8-10-33-69)60(61(55)63)56-37-52(30-31-58(56)76-63)75-51-29-26-44-12-3-4-14-47(44)35-51/h2-6,11-14,16-18,20-31,35-37,48,54,59-61,68-69H,1,7-10,15,19,32-34,38,40-41H2/t48-,54+,59-,60+,61+,63+/m0/s1. The topological polar surface area (TPSA) is 177 Å². The summed E-state index contributed by atoms with van der Waals surface area (Å²) < 4.78 is 21.6. The van der Waals surface area contributed by atoms with Crippen LogP contribution in [0.1, 0.15) is 83.5 Å². The van der Waals surface area contributed by atoms with Crippen LogP contribution in [0.2, 0.25) is 0 Å². The van der Waals surface area contributed by atoms with E-state index in [-0.39, 0.29) is 68.7 Å². The quantitative estimate of drug-likeness (QED) is 0.0305. The largest absolute Gasteiger partial charge is 0.459 e. The Kier molecular flexibility index (Phi) is 15.7. The summed E-state index contributed by atoms with van der Waals surface area (Å²) in [6.07, 6.45) is 8.31. The number of ether oxygens (including phenoxy) is 3. The molecule has 1 heterocycles. The van der Waals surface area contributed by atoms with Crippen LogP contribution in [0.5, 0.6) is 17.2 Å². The molecule has 2 N–H and O–H groups in total. The highest BCUT2D eigenvalue weighted by Crippen LogP contribution is 2.62. The molecule has 10 rings (SSSR count). The van der Waals surface area contributed by atoms with E-state index in [9.17, 15) is 25.6 Å². The summed E-state index contributed by atoms with van der Waals surface area (Å²) in [5.74, 6) is -1.06. The summed E-state index contributed by atoms with van der Waals surface area (Å²) in [5.41, 5.74) is 4.65. The summed E-state index contributed by atoms with van der Waals surface area (Å²) in [6, 6.07) is 48.3. The van der Waals surface area contributed by atoms with E-state index in [2.05, 4.69) is 43.0 Å². The van der Waals surface area contributed by atoms with Gasteiger partial charge in [0.25, 0.3) is 11.6 Å². The van der Waals surface area contributed by atoms with E-state index in [0.717, 1.165) is 63.9 Å². The van der Waals surface area contributed by atoms with Crippen molar-refractivity contribution in [2.45, 2.75) is 75.8 Å². The molecule has 3 aliphatic rings. The van der Waals surface area contributed by atoms with Crippen LogP contribution < -0.4 is 9.47 Å². The molecule has 76 heavy (non-hydrogen) atoms. The van der Waals surface area contributed by atoms with Crippen molar-refractivity contribution in [2.24, 2.45) is 22.9 Å². The molecule has 1 amide bonds. The lowest BCUT2D eigenvalue weighted by molar-refractivity contribution is -0.384. The Morgan fingerprint density at radius 1 is 0.842 bits per heavy atom. The predicted octanol–water partition coefficient (Wildman–Crippen LogP) is 12.7. The molecule has 0 radical (unpaired) electrons. The molecule has 1 saturated carbocycles. The maximum absolute atomic E-state index is 15.8. The number of rotatable bonds is 21. The molecule has 1 fully saturated rings. The number of fused-ring (bicyclic) bond motifs is 4. The van der Waals surface area contributed by atoms with Crippen LogP contribution in [0, 0.1) is 39.2 Å². The molecule has 0 aromatic heterocycles. The molecule has 13 heteroatoms. The monoisotopic (exact) mass is 1020 g/mol. The minimum absolute atomic E-state index is 0.00799. The van der Waals surface area contributed by atoms with Gasteiger partial charge >= 0.3 is 0 Å². The third-order valence-corrected chi connectivity index (χ3v) is 15.3. The number of nitro groups is 1. The highest BCUT2D eigenvalue weighted by Gasteiger charge is 2.65. The molecule has 2 aliphatic carbocycles. The van der Waals surface area contributed by atoms with Crippen LogP contribution in [-0.4, -0.2) is 63.3 Å². The molecule has 7 aromatic rings. The van der Waals surface area contributed by atoms with Crippen LogP contribution in [0.15, 0.2) is 181 Å². The number of nitriles is 1. The van der Waals surface area contributed by atoms with Gasteiger partial charge in [0.05, 0.1) is 34.8 Å². The van der Waals surface area contributed by atoms with Crippen molar-refractivity contribution in [3.8, 4) is 23.3 Å². The summed E-state index contributed by atoms with van der Waals surface area (Å²) in [4.78, 5) is 35.1. The predicted molar refractivity (Wildman–Crippen MR) is 292 cm³/mol. The molecule has 0 unspecified atom stereocenters. The SMILES string of the molecule is C=CCO[C@@]12Oc3ccc(Oc4ccc5ccccc5c4)cc3[C@H]3[C@H](CCCCO)[C@@H](CCCCO)C=C(C(=NOCc4ccc([N+](=O)[O-])cc4)C[C@@H]1N(Cc1cccc4ccccc14)C(=O)c1ccc(C#N)cc1)[C@H]32. The van der Waals surface area contributed by atoms with Gasteiger partial charge in [-0.25, -0.2) is 0 Å². The Balaban J connectivity index is 1.19. The lowest BCUT2D eigenvalue weighted by Gasteiger charge is -2.60. The van der Waals surface area contributed by atoms with Crippen LogP contribution in [-0.2, 0) is 22.7 Å². The van der Waals surface area contributed by atoms with Gasteiger partial charge in [0.15, 0.2) is 0 Å². The number of amides is 1. The number of non-ortho nitro benzene ring substituents is 1. The zero-order valence-corrected chi connectivity index (χ0v) is 42.2. The number of hydrogen-bond donors (Lipinski definition) is 2. The van der Waals surface area contributed by atoms with Gasteiger partial charge in [0.2, 0.25) is 5.79 Å². The third-order valence-electron chi connectivity index (χ3n) is 15.3. The molecule has 13 nitrogen and oxygen atoms in total. The van der Waals surface area contributed by atoms with Crippen LogP contribution in [0.3, 0.4) is 0 Å². The van der Waals surface area contributed by atoms with Gasteiger partial charge in [-0.05, 0) is 142 Å². The highest BCUT2D eigenvalue weighted by atomic mass is 16.7. The third kappa shape index (κ3) is 10.6. The van der Waals surface area contributed by atoms with E-state index >= 15 is 4.79 Å². The Morgan fingerprint density at radius 3 is 2.30 bits per heavy atom. The summed E-state index contributed by atoms with van der Waals surface area (Å²) in [7, 11) is 0. The average molecular weight is 1020 g/mol. The second-order valence-electron chi connectivity index (χ2n) is 19.8. The van der Waals surface area contributed by atoms with Crippen molar-refractivity contribution >= 4 is 38.9 Å². The first-order valence-corrected chi connectivity index (χ1v) is 26.1. The van der Waals surface area contributed by atoms with Gasteiger partial charge in [-0.1, -0.05) is 103 Å². The number of oxime groups is 1. The van der Waals surface area contributed by atoms with E-state index in [1.54, 1.807) is 42.5 Å². The molecule has 0 bridgehead atoms. The number of carbonyl (C=O) groups is 1. The number of allylic oxidation sites excluding steroid dienone is 1. The summed E-state index contributed by atoms with van der Waals surface area (Å²) in [5, 5.41) is 50.8. The second kappa shape index (κ2) is 23.2. The molecular formula is C63H60N4O9. The maximum atomic E-state index is 15.8. The van der Waals surface area contributed by atoms with Crippen LogP contribution >= 0.6 is 0 Å². The lowest BCUT2D eigenvalue weighted by Crippen LogP contribution is -2.70. The smallest absolute Gasteiger partial charge is 0.269 e. The molecule has 1 aliphatic heterocycles. The second-order valence-corrected chi connectivity index (χ2v) is 19.8. The zero-order valence-electron chi connectivity index (χ0n) is 42.2. The minimum atomic E-state index is -1.58. The van der Waals surface area contributed by atoms with Gasteiger partial charge < -0.3 is 34.2 Å². The number of benzene rings is 7. The first kappa shape index (κ1) is 51.3. The molecule has 6 atom stereocenters. The fraction of sp³-hybridized carbons (Fsp3) is 0.286.